The lowest BCUT2D eigenvalue weighted by molar-refractivity contribution is -0.137. The molecule has 3 aromatic rings. The number of nitrogens with zero attached hydrogens (tertiary/aromatic N) is 3. The van der Waals surface area contributed by atoms with Gasteiger partial charge in [-0.2, -0.15) is 18.2 Å². The minimum Gasteiger partial charge on any atom is -0.337 e. The van der Waals surface area contributed by atoms with Crippen LogP contribution in [0.5, 0.6) is 0 Å². The molecule has 1 fully saturated rings. The van der Waals surface area contributed by atoms with Gasteiger partial charge in [-0.3, -0.25) is 9.69 Å². The van der Waals surface area contributed by atoms with Crippen molar-refractivity contribution < 1.29 is 27.3 Å². The molecule has 0 bridgehead atoms. The van der Waals surface area contributed by atoms with Crippen molar-refractivity contribution in [3.05, 3.63) is 71.1 Å². The Morgan fingerprint density at radius 3 is 2.52 bits per heavy atom. The zero-order chi connectivity index (χ0) is 23.8. The summed E-state index contributed by atoms with van der Waals surface area (Å²) in [7, 11) is 0. The van der Waals surface area contributed by atoms with Crippen molar-refractivity contribution in [3.8, 4) is 11.4 Å². The molecule has 1 aliphatic rings. The molecule has 172 valence electrons. The van der Waals surface area contributed by atoms with Crippen molar-refractivity contribution in [2.24, 2.45) is 0 Å². The summed E-state index contributed by atoms with van der Waals surface area (Å²) in [6, 6.07) is 11.3. The Morgan fingerprint density at radius 1 is 1.12 bits per heavy atom. The summed E-state index contributed by atoms with van der Waals surface area (Å²) < 4.78 is 44.0. The quantitative estimate of drug-likeness (QED) is 0.542. The lowest BCUT2D eigenvalue weighted by Crippen LogP contribution is -2.40. The smallest absolute Gasteiger partial charge is 0.337 e. The van der Waals surface area contributed by atoms with Gasteiger partial charge in [0.2, 0.25) is 11.7 Å². The van der Waals surface area contributed by atoms with Crippen LogP contribution in [0.15, 0.2) is 53.1 Å². The number of alkyl halides is 3. The van der Waals surface area contributed by atoms with Crippen LogP contribution in [0.3, 0.4) is 0 Å². The molecule has 0 radical (unpaired) electrons. The van der Waals surface area contributed by atoms with Crippen LogP contribution in [-0.2, 0) is 29.5 Å². The molecule has 7 nitrogen and oxygen atoms in total. The number of halogens is 3. The summed E-state index contributed by atoms with van der Waals surface area (Å²) in [5, 5.41) is 6.40. The predicted octanol–water partition coefficient (Wildman–Crippen LogP) is 4.68. The molecule has 1 unspecified atom stereocenters. The van der Waals surface area contributed by atoms with E-state index in [1.54, 1.807) is 6.92 Å². The first kappa shape index (κ1) is 22.5. The zero-order valence-corrected chi connectivity index (χ0v) is 17.9. The van der Waals surface area contributed by atoms with E-state index in [0.29, 0.717) is 5.56 Å². The van der Waals surface area contributed by atoms with E-state index in [1.807, 2.05) is 24.3 Å². The average Bonchev–Trinajstić information content (AvgIpc) is 3.33. The Kier molecular flexibility index (Phi) is 5.69. The molecule has 1 N–H and O–H groups in total. The van der Waals surface area contributed by atoms with Gasteiger partial charge in [-0.25, -0.2) is 4.79 Å². The number of benzene rings is 2. The third-order valence-electron chi connectivity index (χ3n) is 5.55. The number of rotatable bonds is 6. The standard InChI is InChI=1S/C23H21F3N4O3/c1-3-5-14-8-10-16(11-9-14)22(2)20(31)30(21(32)28-22)13-18-27-19(29-33-18)15-6-4-7-17(12-15)23(24,25)26/h4,6-12H,3,5,13H2,1-2H3,(H,28,32). The van der Waals surface area contributed by atoms with Crippen LogP contribution in [0.2, 0.25) is 0 Å². The second-order valence-electron chi connectivity index (χ2n) is 7.98. The largest absolute Gasteiger partial charge is 0.416 e. The second kappa shape index (κ2) is 8.34. The second-order valence-corrected chi connectivity index (χ2v) is 7.98. The van der Waals surface area contributed by atoms with Crippen LogP contribution in [0, 0.1) is 0 Å². The highest BCUT2D eigenvalue weighted by molar-refractivity contribution is 6.07. The molecular formula is C23H21F3N4O3. The van der Waals surface area contributed by atoms with Gasteiger partial charge in [0.1, 0.15) is 12.1 Å². The summed E-state index contributed by atoms with van der Waals surface area (Å²) >= 11 is 0. The summed E-state index contributed by atoms with van der Waals surface area (Å²) in [4.78, 5) is 30.7. The maximum Gasteiger partial charge on any atom is 0.416 e. The molecule has 4 rings (SSSR count). The number of imide groups is 1. The van der Waals surface area contributed by atoms with Gasteiger partial charge < -0.3 is 9.84 Å². The number of hydrogen-bond acceptors (Lipinski definition) is 5. The van der Waals surface area contributed by atoms with Crippen molar-refractivity contribution in [1.29, 1.82) is 0 Å². The number of aryl methyl sites for hydroxylation is 1. The van der Waals surface area contributed by atoms with Crippen molar-refractivity contribution >= 4 is 11.9 Å². The highest BCUT2D eigenvalue weighted by Crippen LogP contribution is 2.32. The van der Waals surface area contributed by atoms with Crippen molar-refractivity contribution in [3.63, 3.8) is 0 Å². The summed E-state index contributed by atoms with van der Waals surface area (Å²) in [5.74, 6) is -0.638. The van der Waals surface area contributed by atoms with Crippen LogP contribution in [-0.4, -0.2) is 27.0 Å². The number of carbonyl (C=O) groups excluding carboxylic acids is 2. The van der Waals surface area contributed by atoms with Crippen molar-refractivity contribution in [1.82, 2.24) is 20.4 Å². The monoisotopic (exact) mass is 458 g/mol. The van der Waals surface area contributed by atoms with Crippen molar-refractivity contribution in [2.75, 3.05) is 0 Å². The van der Waals surface area contributed by atoms with Gasteiger partial charge in [0.25, 0.3) is 5.91 Å². The molecule has 33 heavy (non-hydrogen) atoms. The molecule has 0 saturated carbocycles. The van der Waals surface area contributed by atoms with E-state index in [1.165, 1.54) is 12.1 Å². The first-order chi connectivity index (χ1) is 15.6. The molecule has 2 heterocycles. The van der Waals surface area contributed by atoms with E-state index in [4.69, 9.17) is 4.52 Å². The molecule has 2 aromatic carbocycles. The van der Waals surface area contributed by atoms with Crippen molar-refractivity contribution in [2.45, 2.75) is 44.9 Å². The first-order valence-electron chi connectivity index (χ1n) is 10.4. The van der Waals surface area contributed by atoms with Gasteiger partial charge in [0.05, 0.1) is 5.56 Å². The Labute approximate surface area is 187 Å². The SMILES string of the molecule is CCCc1ccc(C2(C)NC(=O)N(Cc3nc(-c4cccc(C(F)(F)F)c4)no3)C2=O)cc1. The maximum absolute atomic E-state index is 13.1. The summed E-state index contributed by atoms with van der Waals surface area (Å²) in [5.41, 5.74) is -0.230. The highest BCUT2D eigenvalue weighted by atomic mass is 19.4. The van der Waals surface area contributed by atoms with Gasteiger partial charge >= 0.3 is 12.2 Å². The zero-order valence-electron chi connectivity index (χ0n) is 17.9. The van der Waals surface area contributed by atoms with Crippen LogP contribution < -0.4 is 5.32 Å². The first-order valence-corrected chi connectivity index (χ1v) is 10.4. The van der Waals surface area contributed by atoms with Gasteiger partial charge in [-0.15, -0.1) is 0 Å². The third kappa shape index (κ3) is 4.33. The normalized spacial score (nSPS) is 18.6. The highest BCUT2D eigenvalue weighted by Gasteiger charge is 2.49. The molecule has 1 atom stereocenters. The van der Waals surface area contributed by atoms with E-state index < -0.39 is 29.2 Å². The lowest BCUT2D eigenvalue weighted by Gasteiger charge is -2.22. The molecule has 3 amide bonds. The van der Waals surface area contributed by atoms with Gasteiger partial charge in [-0.05, 0) is 36.6 Å². The number of urea groups is 1. The molecule has 10 heteroatoms. The Bertz CT molecular complexity index is 1190. The fourth-order valence-corrected chi connectivity index (χ4v) is 3.74. The number of aromatic nitrogens is 2. The van der Waals surface area contributed by atoms with Crippen LogP contribution in [0.1, 0.15) is 42.8 Å². The number of hydrogen-bond donors (Lipinski definition) is 1. The maximum atomic E-state index is 13.1. The van der Waals surface area contributed by atoms with E-state index in [2.05, 4.69) is 22.4 Å². The topological polar surface area (TPSA) is 88.3 Å². The summed E-state index contributed by atoms with van der Waals surface area (Å²) in [6.07, 6.45) is -2.61. The van der Waals surface area contributed by atoms with E-state index >= 15 is 0 Å². The van der Waals surface area contributed by atoms with E-state index in [9.17, 15) is 22.8 Å². The fourth-order valence-electron chi connectivity index (χ4n) is 3.74. The minimum atomic E-state index is -4.51. The Balaban J connectivity index is 1.53. The summed E-state index contributed by atoms with van der Waals surface area (Å²) in [6.45, 7) is 3.38. The average molecular weight is 458 g/mol. The number of nitrogens with one attached hydrogen (secondary N) is 1. The van der Waals surface area contributed by atoms with E-state index in [0.717, 1.165) is 35.4 Å². The molecular weight excluding hydrogens is 437 g/mol. The van der Waals surface area contributed by atoms with Crippen LogP contribution >= 0.6 is 0 Å². The molecule has 0 aliphatic carbocycles. The van der Waals surface area contributed by atoms with Crippen LogP contribution in [0.4, 0.5) is 18.0 Å². The van der Waals surface area contributed by atoms with E-state index in [-0.39, 0.29) is 23.8 Å². The third-order valence-corrected chi connectivity index (χ3v) is 5.55. The molecule has 0 spiro atoms. The fraction of sp³-hybridized carbons (Fsp3) is 0.304. The van der Waals surface area contributed by atoms with Gasteiger partial charge in [0, 0.05) is 5.56 Å². The number of carbonyl (C=O) groups is 2. The molecule has 1 aromatic heterocycles. The molecule has 1 aliphatic heterocycles. The minimum absolute atomic E-state index is 0.0718. The number of amides is 3. The van der Waals surface area contributed by atoms with Gasteiger partial charge in [0.15, 0.2) is 0 Å². The Hall–Kier alpha value is -3.69. The Morgan fingerprint density at radius 2 is 1.85 bits per heavy atom. The predicted molar refractivity (Wildman–Crippen MR) is 112 cm³/mol. The van der Waals surface area contributed by atoms with Crippen LogP contribution in [0.25, 0.3) is 11.4 Å². The molecule has 1 saturated heterocycles. The van der Waals surface area contributed by atoms with Gasteiger partial charge in [-0.1, -0.05) is 54.9 Å². The lowest BCUT2D eigenvalue weighted by atomic mass is 9.91.